The van der Waals surface area contributed by atoms with Crippen molar-refractivity contribution in [1.82, 2.24) is 20.1 Å². The van der Waals surface area contributed by atoms with Crippen molar-refractivity contribution in [3.05, 3.63) is 10.6 Å². The maximum Gasteiger partial charge on any atom is 0.199 e. The van der Waals surface area contributed by atoms with Gasteiger partial charge in [0.05, 0.1) is 6.54 Å². The highest BCUT2D eigenvalue weighted by atomic mass is 79.9. The molecule has 0 aliphatic carbocycles. The molecule has 1 aromatic heterocycles. The van der Waals surface area contributed by atoms with Crippen LogP contribution < -0.4 is 5.32 Å². The Balaban J connectivity index is 2.63. The van der Waals surface area contributed by atoms with Gasteiger partial charge in [0.2, 0.25) is 0 Å². The van der Waals surface area contributed by atoms with Crippen molar-refractivity contribution in [2.75, 3.05) is 6.54 Å². The van der Waals surface area contributed by atoms with Gasteiger partial charge in [0.15, 0.2) is 4.73 Å². The Kier molecular flexibility index (Phi) is 3.02. The fourth-order valence-electron chi connectivity index (χ4n) is 0.730. The molecule has 1 heterocycles. The summed E-state index contributed by atoms with van der Waals surface area (Å²) in [7, 11) is 1.93. The van der Waals surface area contributed by atoms with Gasteiger partial charge in [0.25, 0.3) is 0 Å². The number of rotatable bonds is 3. The standard InChI is InChI=1S/C6H11BrN4/c1-3-8-4-5-9-10-6(7)11(5)2/h8H,3-4H2,1-2H3. The fraction of sp³-hybridized carbons (Fsp3) is 0.667. The maximum atomic E-state index is 3.96. The fourth-order valence-corrected chi connectivity index (χ4v) is 1.01. The number of halogens is 1. The molecule has 0 radical (unpaired) electrons. The van der Waals surface area contributed by atoms with Crippen LogP contribution in [0.2, 0.25) is 0 Å². The monoisotopic (exact) mass is 218 g/mol. The van der Waals surface area contributed by atoms with Crippen molar-refractivity contribution >= 4 is 15.9 Å². The van der Waals surface area contributed by atoms with Gasteiger partial charge in [0.1, 0.15) is 5.82 Å². The Morgan fingerprint density at radius 2 is 2.27 bits per heavy atom. The van der Waals surface area contributed by atoms with E-state index in [0.29, 0.717) is 0 Å². The number of nitrogens with one attached hydrogen (secondary N) is 1. The molecule has 0 atom stereocenters. The van der Waals surface area contributed by atoms with E-state index in [1.54, 1.807) is 0 Å². The SMILES string of the molecule is CCNCc1nnc(Br)n1C. The number of nitrogens with zero attached hydrogens (tertiary/aromatic N) is 3. The van der Waals surface area contributed by atoms with E-state index in [1.807, 2.05) is 11.6 Å². The molecular weight excluding hydrogens is 208 g/mol. The first kappa shape index (κ1) is 8.67. The van der Waals surface area contributed by atoms with Crippen molar-refractivity contribution in [3.8, 4) is 0 Å². The van der Waals surface area contributed by atoms with Crippen LogP contribution in [0, 0.1) is 0 Å². The predicted octanol–water partition coefficient (Wildman–Crippen LogP) is 0.687. The molecule has 0 aromatic carbocycles. The van der Waals surface area contributed by atoms with Crippen LogP contribution in [0.15, 0.2) is 4.73 Å². The van der Waals surface area contributed by atoms with Gasteiger partial charge in [-0.2, -0.15) is 0 Å². The lowest BCUT2D eigenvalue weighted by Gasteiger charge is -1.99. The highest BCUT2D eigenvalue weighted by molar-refractivity contribution is 9.10. The van der Waals surface area contributed by atoms with E-state index in [2.05, 4.69) is 38.4 Å². The van der Waals surface area contributed by atoms with Crippen molar-refractivity contribution in [1.29, 1.82) is 0 Å². The Morgan fingerprint density at radius 3 is 2.73 bits per heavy atom. The van der Waals surface area contributed by atoms with E-state index < -0.39 is 0 Å². The third-order valence-electron chi connectivity index (χ3n) is 1.45. The Bertz CT molecular complexity index is 232. The molecule has 1 aromatic rings. The topological polar surface area (TPSA) is 42.7 Å². The van der Waals surface area contributed by atoms with E-state index in [1.165, 1.54) is 0 Å². The van der Waals surface area contributed by atoms with Gasteiger partial charge >= 0.3 is 0 Å². The third-order valence-corrected chi connectivity index (χ3v) is 2.14. The molecule has 0 bridgehead atoms. The Labute approximate surface area is 74.1 Å². The van der Waals surface area contributed by atoms with Crippen LogP contribution >= 0.6 is 15.9 Å². The maximum absolute atomic E-state index is 3.96. The molecule has 0 spiro atoms. The predicted molar refractivity (Wildman–Crippen MR) is 46.1 cm³/mol. The smallest absolute Gasteiger partial charge is 0.199 e. The molecule has 0 aliphatic rings. The molecule has 0 aliphatic heterocycles. The largest absolute Gasteiger partial charge is 0.310 e. The second-order valence-electron chi connectivity index (χ2n) is 2.22. The minimum Gasteiger partial charge on any atom is -0.310 e. The number of hydrogen-bond acceptors (Lipinski definition) is 3. The molecule has 4 nitrogen and oxygen atoms in total. The van der Waals surface area contributed by atoms with Crippen LogP contribution in [0.1, 0.15) is 12.7 Å². The number of aromatic nitrogens is 3. The molecule has 0 amide bonds. The van der Waals surface area contributed by atoms with Gasteiger partial charge in [-0.05, 0) is 22.5 Å². The van der Waals surface area contributed by atoms with Gasteiger partial charge in [-0.25, -0.2) is 0 Å². The lowest BCUT2D eigenvalue weighted by molar-refractivity contribution is 0.657. The van der Waals surface area contributed by atoms with Gasteiger partial charge in [0, 0.05) is 7.05 Å². The van der Waals surface area contributed by atoms with Crippen molar-refractivity contribution < 1.29 is 0 Å². The zero-order chi connectivity index (χ0) is 8.27. The Morgan fingerprint density at radius 1 is 1.55 bits per heavy atom. The molecule has 1 N–H and O–H groups in total. The lowest BCUT2D eigenvalue weighted by atomic mass is 10.5. The first-order valence-corrected chi connectivity index (χ1v) is 4.29. The first-order chi connectivity index (χ1) is 5.25. The second kappa shape index (κ2) is 3.82. The van der Waals surface area contributed by atoms with E-state index in [-0.39, 0.29) is 0 Å². The molecule has 0 saturated heterocycles. The summed E-state index contributed by atoms with van der Waals surface area (Å²) in [4.78, 5) is 0. The average Bonchev–Trinajstić information content (AvgIpc) is 2.31. The van der Waals surface area contributed by atoms with Gasteiger partial charge in [-0.15, -0.1) is 10.2 Å². The first-order valence-electron chi connectivity index (χ1n) is 3.50. The van der Waals surface area contributed by atoms with Gasteiger partial charge < -0.3 is 9.88 Å². The quantitative estimate of drug-likeness (QED) is 0.813. The van der Waals surface area contributed by atoms with Crippen LogP contribution in [-0.4, -0.2) is 21.3 Å². The van der Waals surface area contributed by atoms with Crippen molar-refractivity contribution in [2.45, 2.75) is 13.5 Å². The Hall–Kier alpha value is -0.420. The minimum atomic E-state index is 0.769. The summed E-state index contributed by atoms with van der Waals surface area (Å²) >= 11 is 3.27. The highest BCUT2D eigenvalue weighted by Crippen LogP contribution is 2.05. The lowest BCUT2D eigenvalue weighted by Crippen LogP contribution is -2.15. The molecule has 5 heteroatoms. The molecule has 62 valence electrons. The summed E-state index contributed by atoms with van der Waals surface area (Å²) in [6, 6.07) is 0. The van der Waals surface area contributed by atoms with Crippen LogP contribution in [-0.2, 0) is 13.6 Å². The van der Waals surface area contributed by atoms with Crippen molar-refractivity contribution in [2.24, 2.45) is 7.05 Å². The van der Waals surface area contributed by atoms with E-state index in [4.69, 9.17) is 0 Å². The number of hydrogen-bond donors (Lipinski definition) is 1. The summed E-state index contributed by atoms with van der Waals surface area (Å²) in [6.45, 7) is 3.78. The molecule has 11 heavy (non-hydrogen) atoms. The molecule has 1 rings (SSSR count). The zero-order valence-corrected chi connectivity index (χ0v) is 8.22. The zero-order valence-electron chi connectivity index (χ0n) is 6.63. The van der Waals surface area contributed by atoms with Gasteiger partial charge in [-0.1, -0.05) is 6.92 Å². The summed E-state index contributed by atoms with van der Waals surface area (Å²) in [5.41, 5.74) is 0. The summed E-state index contributed by atoms with van der Waals surface area (Å²) in [6.07, 6.45) is 0. The van der Waals surface area contributed by atoms with Gasteiger partial charge in [-0.3, -0.25) is 0 Å². The van der Waals surface area contributed by atoms with E-state index >= 15 is 0 Å². The summed E-state index contributed by atoms with van der Waals surface area (Å²) < 4.78 is 2.67. The normalized spacial score (nSPS) is 10.5. The van der Waals surface area contributed by atoms with Crippen molar-refractivity contribution in [3.63, 3.8) is 0 Å². The van der Waals surface area contributed by atoms with Crippen LogP contribution in [0.25, 0.3) is 0 Å². The molecule has 0 unspecified atom stereocenters. The second-order valence-corrected chi connectivity index (χ2v) is 2.93. The van der Waals surface area contributed by atoms with E-state index in [0.717, 1.165) is 23.6 Å². The van der Waals surface area contributed by atoms with Crippen LogP contribution in [0.3, 0.4) is 0 Å². The minimum absolute atomic E-state index is 0.769. The molecule has 0 saturated carbocycles. The van der Waals surface area contributed by atoms with E-state index in [9.17, 15) is 0 Å². The average molecular weight is 219 g/mol. The highest BCUT2D eigenvalue weighted by Gasteiger charge is 2.03. The van der Waals surface area contributed by atoms with Crippen LogP contribution in [0.4, 0.5) is 0 Å². The molecular formula is C6H11BrN4. The van der Waals surface area contributed by atoms with Crippen LogP contribution in [0.5, 0.6) is 0 Å². The summed E-state index contributed by atoms with van der Waals surface area (Å²) in [5, 5.41) is 11.0. The third kappa shape index (κ3) is 2.00. The summed E-state index contributed by atoms with van der Waals surface area (Å²) in [5.74, 6) is 0.943. The molecule has 0 fully saturated rings.